The second-order valence-electron chi connectivity index (χ2n) is 6.74. The van der Waals surface area contributed by atoms with Gasteiger partial charge in [0.05, 0.1) is 17.5 Å². The molecule has 8 nitrogen and oxygen atoms in total. The Morgan fingerprint density at radius 2 is 1.74 bits per heavy atom. The van der Waals surface area contributed by atoms with Gasteiger partial charge in [0.25, 0.3) is 0 Å². The first-order valence-corrected chi connectivity index (χ1v) is 9.68. The summed E-state index contributed by atoms with van der Waals surface area (Å²) in [7, 11) is -0.744. The summed E-state index contributed by atoms with van der Waals surface area (Å²) < 4.78 is 25.8. The first-order valence-electron chi connectivity index (χ1n) is 8.24. The highest BCUT2D eigenvalue weighted by Gasteiger charge is 2.21. The summed E-state index contributed by atoms with van der Waals surface area (Å²) in [5, 5.41) is 5.13. The van der Waals surface area contributed by atoms with Crippen molar-refractivity contribution in [3.63, 3.8) is 0 Å². The third-order valence-corrected chi connectivity index (χ3v) is 5.93. The molecule has 0 bridgehead atoms. The summed E-state index contributed by atoms with van der Waals surface area (Å²) in [6.45, 7) is 6.93. The van der Waals surface area contributed by atoms with Crippen LogP contribution < -0.4 is 16.4 Å². The molecule has 2 amide bonds. The molecule has 154 valence electrons. The average molecular weight is 421 g/mol. The second kappa shape index (κ2) is 10.0. The summed E-state index contributed by atoms with van der Waals surface area (Å²) in [6, 6.07) is 2.28. The Hall–Kier alpha value is -1.68. The van der Waals surface area contributed by atoms with E-state index < -0.39 is 27.9 Å². The lowest BCUT2D eigenvalue weighted by molar-refractivity contribution is -0.125. The van der Waals surface area contributed by atoms with E-state index in [1.807, 2.05) is 13.8 Å². The van der Waals surface area contributed by atoms with E-state index in [0.29, 0.717) is 5.69 Å². The number of halogens is 1. The zero-order valence-corrected chi connectivity index (χ0v) is 18.1. The van der Waals surface area contributed by atoms with Gasteiger partial charge in [0.1, 0.15) is 0 Å². The average Bonchev–Trinajstić information content (AvgIpc) is 2.55. The van der Waals surface area contributed by atoms with Gasteiger partial charge in [-0.3, -0.25) is 9.59 Å². The van der Waals surface area contributed by atoms with Gasteiger partial charge in [0.15, 0.2) is 0 Å². The van der Waals surface area contributed by atoms with Crippen LogP contribution in [0.1, 0.15) is 25.0 Å². The van der Waals surface area contributed by atoms with Crippen molar-refractivity contribution in [2.75, 3.05) is 26.0 Å². The number of rotatable bonds is 7. The maximum atomic E-state index is 12.3. The molecular weight excluding hydrogens is 392 g/mol. The molecule has 0 radical (unpaired) electrons. The van der Waals surface area contributed by atoms with Gasteiger partial charge in [-0.25, -0.2) is 12.7 Å². The number of amides is 2. The predicted molar refractivity (Wildman–Crippen MR) is 108 cm³/mol. The molecule has 0 fully saturated rings. The molecule has 1 aromatic rings. The molecule has 0 aliphatic carbocycles. The summed E-state index contributed by atoms with van der Waals surface area (Å²) >= 11 is 0. The second-order valence-corrected chi connectivity index (χ2v) is 8.89. The van der Waals surface area contributed by atoms with Crippen molar-refractivity contribution in [2.24, 2.45) is 11.7 Å². The van der Waals surface area contributed by atoms with Gasteiger partial charge in [0.2, 0.25) is 21.8 Å². The number of nitrogens with two attached hydrogens (primary N) is 1. The van der Waals surface area contributed by atoms with Gasteiger partial charge in [-0.1, -0.05) is 13.8 Å². The molecule has 1 atom stereocenters. The quantitative estimate of drug-likeness (QED) is 0.607. The molecule has 0 aliphatic heterocycles. The molecule has 0 spiro atoms. The topological polar surface area (TPSA) is 122 Å². The highest BCUT2D eigenvalue weighted by atomic mass is 35.5. The van der Waals surface area contributed by atoms with Crippen molar-refractivity contribution in [3.05, 3.63) is 23.3 Å². The van der Waals surface area contributed by atoms with Crippen LogP contribution in [0.3, 0.4) is 0 Å². The summed E-state index contributed by atoms with van der Waals surface area (Å²) in [4.78, 5) is 24.1. The lowest BCUT2D eigenvalue weighted by Crippen LogP contribution is -2.46. The minimum atomic E-state index is -3.63. The molecule has 1 rings (SSSR count). The van der Waals surface area contributed by atoms with Crippen LogP contribution in [0.25, 0.3) is 0 Å². The van der Waals surface area contributed by atoms with Crippen molar-refractivity contribution in [2.45, 2.75) is 38.6 Å². The molecule has 0 aromatic heterocycles. The van der Waals surface area contributed by atoms with Crippen LogP contribution >= 0.6 is 12.4 Å². The van der Waals surface area contributed by atoms with E-state index in [-0.39, 0.29) is 29.8 Å². The van der Waals surface area contributed by atoms with E-state index in [4.69, 9.17) is 5.73 Å². The number of nitrogens with one attached hydrogen (secondary N) is 2. The molecule has 4 N–H and O–H groups in total. The van der Waals surface area contributed by atoms with E-state index in [1.54, 1.807) is 19.9 Å². The van der Waals surface area contributed by atoms with Gasteiger partial charge in [0, 0.05) is 19.8 Å². The number of benzene rings is 1. The Bertz CT molecular complexity index is 794. The van der Waals surface area contributed by atoms with Gasteiger partial charge < -0.3 is 16.4 Å². The van der Waals surface area contributed by atoms with E-state index in [9.17, 15) is 18.0 Å². The number of aryl methyl sites for hydroxylation is 1. The Labute approximate surface area is 167 Å². The minimum absolute atomic E-state index is 0. The SMILES string of the molecule is Cc1cc(S(=O)(=O)N(C)C)cc(NC(=O)CNC(=O)[C@@H](N)C(C)C)c1C.Cl. The van der Waals surface area contributed by atoms with Crippen molar-refractivity contribution < 1.29 is 18.0 Å². The zero-order chi connectivity index (χ0) is 20.2. The fraction of sp³-hybridized carbons (Fsp3) is 0.529. The number of anilines is 1. The van der Waals surface area contributed by atoms with Crippen LogP contribution in [0, 0.1) is 19.8 Å². The fourth-order valence-electron chi connectivity index (χ4n) is 2.10. The van der Waals surface area contributed by atoms with Gasteiger partial charge >= 0.3 is 0 Å². The minimum Gasteiger partial charge on any atom is -0.346 e. The number of hydrogen-bond donors (Lipinski definition) is 3. The van der Waals surface area contributed by atoms with Crippen LogP contribution in [-0.2, 0) is 19.6 Å². The number of carbonyl (C=O) groups is 2. The van der Waals surface area contributed by atoms with Crippen LogP contribution in [0.2, 0.25) is 0 Å². The van der Waals surface area contributed by atoms with Gasteiger partial charge in [-0.15, -0.1) is 12.4 Å². The number of carbonyl (C=O) groups excluding carboxylic acids is 2. The Balaban J connectivity index is 0.00000676. The predicted octanol–water partition coefficient (Wildman–Crippen LogP) is 1.01. The number of nitrogens with zero attached hydrogens (tertiary/aromatic N) is 1. The van der Waals surface area contributed by atoms with Crippen molar-refractivity contribution in [1.82, 2.24) is 9.62 Å². The van der Waals surface area contributed by atoms with E-state index in [2.05, 4.69) is 10.6 Å². The molecule has 0 heterocycles. The molecule has 0 saturated carbocycles. The molecule has 0 unspecified atom stereocenters. The van der Waals surface area contributed by atoms with Gasteiger partial charge in [-0.2, -0.15) is 0 Å². The lowest BCUT2D eigenvalue weighted by Gasteiger charge is -2.17. The number of sulfonamides is 1. The Morgan fingerprint density at radius 1 is 1.19 bits per heavy atom. The van der Waals surface area contributed by atoms with Crippen LogP contribution in [0.5, 0.6) is 0 Å². The molecule has 10 heteroatoms. The zero-order valence-electron chi connectivity index (χ0n) is 16.5. The smallest absolute Gasteiger partial charge is 0.243 e. The Kier molecular flexibility index (Phi) is 9.40. The van der Waals surface area contributed by atoms with Crippen LogP contribution in [-0.4, -0.2) is 51.2 Å². The summed E-state index contributed by atoms with van der Waals surface area (Å²) in [5.41, 5.74) is 7.59. The van der Waals surface area contributed by atoms with Gasteiger partial charge in [-0.05, 0) is 43.0 Å². The maximum Gasteiger partial charge on any atom is 0.243 e. The van der Waals surface area contributed by atoms with E-state index in [1.165, 1.54) is 20.2 Å². The number of hydrogen-bond acceptors (Lipinski definition) is 5. The maximum absolute atomic E-state index is 12.3. The highest BCUT2D eigenvalue weighted by Crippen LogP contribution is 2.25. The van der Waals surface area contributed by atoms with Crippen molar-refractivity contribution in [3.8, 4) is 0 Å². The third-order valence-electron chi connectivity index (χ3n) is 4.14. The largest absolute Gasteiger partial charge is 0.346 e. The fourth-order valence-corrected chi connectivity index (χ4v) is 3.11. The summed E-state index contributed by atoms with van der Waals surface area (Å²) in [6.07, 6.45) is 0. The standard InChI is InChI=1S/C17H28N4O4S.ClH/c1-10(2)16(18)17(23)19-9-15(22)20-14-8-13(7-11(3)12(14)4)26(24,25)21(5)6;/h7-8,10,16H,9,18H2,1-6H3,(H,19,23)(H,20,22);1H/t16-;/m0./s1. The molecule has 1 aromatic carbocycles. The molecular formula is C17H29ClN4O4S. The normalized spacial score (nSPS) is 12.5. The summed E-state index contributed by atoms with van der Waals surface area (Å²) in [5.74, 6) is -0.918. The Morgan fingerprint density at radius 3 is 2.22 bits per heavy atom. The van der Waals surface area contributed by atoms with Crippen molar-refractivity contribution >= 4 is 39.9 Å². The van der Waals surface area contributed by atoms with Crippen molar-refractivity contribution in [1.29, 1.82) is 0 Å². The first kappa shape index (κ1) is 25.3. The first-order chi connectivity index (χ1) is 11.9. The molecule has 0 saturated heterocycles. The van der Waals surface area contributed by atoms with Crippen LogP contribution in [0.4, 0.5) is 5.69 Å². The lowest BCUT2D eigenvalue weighted by atomic mass is 10.1. The van der Waals surface area contributed by atoms with Crippen LogP contribution in [0.15, 0.2) is 17.0 Å². The highest BCUT2D eigenvalue weighted by molar-refractivity contribution is 7.89. The van der Waals surface area contributed by atoms with E-state index >= 15 is 0 Å². The monoisotopic (exact) mass is 420 g/mol. The third kappa shape index (κ3) is 6.46. The molecule has 27 heavy (non-hydrogen) atoms. The molecule has 0 aliphatic rings. The van der Waals surface area contributed by atoms with E-state index in [0.717, 1.165) is 15.4 Å².